The maximum Gasteiger partial charge on any atom is 0.251 e. The summed E-state index contributed by atoms with van der Waals surface area (Å²) in [5.41, 5.74) is 2.69. The van der Waals surface area contributed by atoms with E-state index in [9.17, 15) is 9.59 Å². The van der Waals surface area contributed by atoms with Gasteiger partial charge in [-0.3, -0.25) is 9.59 Å². The molecule has 1 unspecified atom stereocenters. The van der Waals surface area contributed by atoms with Crippen molar-refractivity contribution in [3.8, 4) is 5.75 Å². The molecule has 3 rings (SSSR count). The Bertz CT molecular complexity index is 859. The predicted octanol–water partition coefficient (Wildman–Crippen LogP) is 4.36. The second kappa shape index (κ2) is 9.92. The fourth-order valence-electron chi connectivity index (χ4n) is 3.60. The van der Waals surface area contributed by atoms with Gasteiger partial charge in [-0.05, 0) is 48.9 Å². The largest absolute Gasteiger partial charge is 0.497 e. The van der Waals surface area contributed by atoms with E-state index in [4.69, 9.17) is 4.74 Å². The van der Waals surface area contributed by atoms with Gasteiger partial charge in [0.15, 0.2) is 0 Å². The Morgan fingerprint density at radius 2 is 1.79 bits per heavy atom. The van der Waals surface area contributed by atoms with Crippen molar-refractivity contribution in [2.75, 3.05) is 7.11 Å². The molecule has 5 nitrogen and oxygen atoms in total. The Labute approximate surface area is 172 Å². The van der Waals surface area contributed by atoms with Gasteiger partial charge in [-0.15, -0.1) is 0 Å². The highest BCUT2D eigenvalue weighted by atomic mass is 16.5. The quantitative estimate of drug-likeness (QED) is 0.762. The molecule has 0 bridgehead atoms. The van der Waals surface area contributed by atoms with Gasteiger partial charge in [0.2, 0.25) is 5.91 Å². The molecule has 0 aliphatic heterocycles. The molecule has 2 amide bonds. The highest BCUT2D eigenvalue weighted by molar-refractivity contribution is 5.89. The molecule has 1 aliphatic carbocycles. The fourth-order valence-corrected chi connectivity index (χ4v) is 3.60. The standard InChI is InChI=1S/C24H28N2O3/c1-18(27)26(17-19-13-15-22(29-2)16-14-19)23(20-9-5-3-6-10-20)24(28)25-21-11-7-4-8-12-21/h3,5-6,9-11,13-16,23H,4,7-8,12,17H2,1-2H3,(H,25,28). The van der Waals surface area contributed by atoms with Gasteiger partial charge in [0.05, 0.1) is 7.11 Å². The summed E-state index contributed by atoms with van der Waals surface area (Å²) < 4.78 is 5.21. The summed E-state index contributed by atoms with van der Waals surface area (Å²) in [5.74, 6) is 0.431. The van der Waals surface area contributed by atoms with Crippen LogP contribution in [0.15, 0.2) is 66.4 Å². The van der Waals surface area contributed by atoms with Crippen LogP contribution >= 0.6 is 0 Å². The number of methoxy groups -OCH3 is 1. The van der Waals surface area contributed by atoms with Gasteiger partial charge in [-0.25, -0.2) is 0 Å². The second-order valence-corrected chi connectivity index (χ2v) is 7.27. The zero-order valence-corrected chi connectivity index (χ0v) is 17.1. The minimum Gasteiger partial charge on any atom is -0.497 e. The Morgan fingerprint density at radius 1 is 1.07 bits per heavy atom. The molecule has 1 atom stereocenters. The third-order valence-electron chi connectivity index (χ3n) is 5.17. The van der Waals surface area contributed by atoms with E-state index in [1.807, 2.05) is 54.6 Å². The van der Waals surface area contributed by atoms with Crippen LogP contribution in [0.3, 0.4) is 0 Å². The molecule has 0 fully saturated rings. The minimum absolute atomic E-state index is 0.151. The number of carbonyl (C=O) groups is 2. The molecule has 152 valence electrons. The number of benzene rings is 2. The van der Waals surface area contributed by atoms with Crippen molar-refractivity contribution in [3.05, 3.63) is 77.5 Å². The molecule has 1 N–H and O–H groups in total. The first-order chi connectivity index (χ1) is 14.1. The number of amides is 2. The highest BCUT2D eigenvalue weighted by Crippen LogP contribution is 2.26. The van der Waals surface area contributed by atoms with Gasteiger partial charge >= 0.3 is 0 Å². The normalized spacial score (nSPS) is 14.5. The van der Waals surface area contributed by atoms with Crippen LogP contribution in [-0.2, 0) is 16.1 Å². The first-order valence-electron chi connectivity index (χ1n) is 10.0. The van der Waals surface area contributed by atoms with Crippen LogP contribution in [0, 0.1) is 0 Å². The maximum absolute atomic E-state index is 13.3. The molecule has 0 aromatic heterocycles. The third-order valence-corrected chi connectivity index (χ3v) is 5.17. The monoisotopic (exact) mass is 392 g/mol. The summed E-state index contributed by atoms with van der Waals surface area (Å²) in [4.78, 5) is 27.5. The summed E-state index contributed by atoms with van der Waals surface area (Å²) in [6.07, 6.45) is 6.16. The van der Waals surface area contributed by atoms with Gasteiger partial charge in [-0.1, -0.05) is 48.5 Å². The van der Waals surface area contributed by atoms with Gasteiger partial charge in [-0.2, -0.15) is 0 Å². The molecule has 0 saturated carbocycles. The van der Waals surface area contributed by atoms with Crippen molar-refractivity contribution in [2.45, 2.75) is 45.2 Å². The summed E-state index contributed by atoms with van der Waals surface area (Å²) in [6, 6.07) is 16.3. The second-order valence-electron chi connectivity index (χ2n) is 7.27. The van der Waals surface area contributed by atoms with E-state index in [0.29, 0.717) is 6.54 Å². The van der Waals surface area contributed by atoms with E-state index in [2.05, 4.69) is 11.4 Å². The van der Waals surface area contributed by atoms with Crippen molar-refractivity contribution in [3.63, 3.8) is 0 Å². The Morgan fingerprint density at radius 3 is 2.38 bits per heavy atom. The average molecular weight is 392 g/mol. The van der Waals surface area contributed by atoms with Gasteiger partial charge < -0.3 is 15.0 Å². The molecule has 29 heavy (non-hydrogen) atoms. The predicted molar refractivity (Wildman–Crippen MR) is 113 cm³/mol. The number of ether oxygens (including phenoxy) is 1. The molecule has 2 aromatic rings. The van der Waals surface area contributed by atoms with E-state index in [-0.39, 0.29) is 11.8 Å². The lowest BCUT2D eigenvalue weighted by atomic mass is 10.0. The van der Waals surface area contributed by atoms with Crippen LogP contribution in [-0.4, -0.2) is 23.8 Å². The number of hydrogen-bond donors (Lipinski definition) is 1. The molecule has 5 heteroatoms. The molecule has 0 spiro atoms. The number of allylic oxidation sites excluding steroid dienone is 2. The summed E-state index contributed by atoms with van der Waals surface area (Å²) in [7, 11) is 1.62. The molecule has 0 radical (unpaired) electrons. The van der Waals surface area contributed by atoms with Gasteiger partial charge in [0.25, 0.3) is 5.91 Å². The molecular formula is C24H28N2O3. The van der Waals surface area contributed by atoms with Gasteiger partial charge in [0, 0.05) is 19.2 Å². The van der Waals surface area contributed by atoms with E-state index in [0.717, 1.165) is 48.3 Å². The van der Waals surface area contributed by atoms with Crippen LogP contribution in [0.25, 0.3) is 0 Å². The molecule has 0 heterocycles. The van der Waals surface area contributed by atoms with Crippen molar-refractivity contribution in [1.82, 2.24) is 10.2 Å². The van der Waals surface area contributed by atoms with Gasteiger partial charge in [0.1, 0.15) is 11.8 Å². The Balaban J connectivity index is 1.89. The number of carbonyl (C=O) groups excluding carboxylic acids is 2. The molecular weight excluding hydrogens is 364 g/mol. The number of rotatable bonds is 7. The lowest BCUT2D eigenvalue weighted by molar-refractivity contribution is -0.139. The lowest BCUT2D eigenvalue weighted by Crippen LogP contribution is -2.42. The topological polar surface area (TPSA) is 58.6 Å². The zero-order chi connectivity index (χ0) is 20.6. The van der Waals surface area contributed by atoms with Crippen LogP contribution < -0.4 is 10.1 Å². The number of nitrogens with one attached hydrogen (secondary N) is 1. The number of nitrogens with zero attached hydrogens (tertiary/aromatic N) is 1. The smallest absolute Gasteiger partial charge is 0.251 e. The zero-order valence-electron chi connectivity index (χ0n) is 17.1. The average Bonchev–Trinajstić information content (AvgIpc) is 2.75. The van der Waals surface area contributed by atoms with Crippen molar-refractivity contribution in [2.24, 2.45) is 0 Å². The van der Waals surface area contributed by atoms with Crippen LogP contribution in [0.2, 0.25) is 0 Å². The summed E-state index contributed by atoms with van der Waals surface area (Å²) >= 11 is 0. The molecule has 1 aliphatic rings. The summed E-state index contributed by atoms with van der Waals surface area (Å²) in [6.45, 7) is 1.85. The van der Waals surface area contributed by atoms with Crippen molar-refractivity contribution in [1.29, 1.82) is 0 Å². The highest BCUT2D eigenvalue weighted by Gasteiger charge is 2.30. The minimum atomic E-state index is -0.696. The molecule has 0 saturated heterocycles. The Kier molecular flexibility index (Phi) is 7.06. The van der Waals surface area contributed by atoms with Crippen LogP contribution in [0.1, 0.15) is 49.8 Å². The molecule has 2 aromatic carbocycles. The van der Waals surface area contributed by atoms with E-state index in [1.54, 1.807) is 12.0 Å². The SMILES string of the molecule is COc1ccc(CN(C(C)=O)C(C(=O)NC2=CCCCC2)c2ccccc2)cc1. The van der Waals surface area contributed by atoms with E-state index < -0.39 is 6.04 Å². The van der Waals surface area contributed by atoms with Crippen LogP contribution in [0.5, 0.6) is 5.75 Å². The first-order valence-corrected chi connectivity index (χ1v) is 10.0. The van der Waals surface area contributed by atoms with Crippen molar-refractivity contribution >= 4 is 11.8 Å². The van der Waals surface area contributed by atoms with Crippen molar-refractivity contribution < 1.29 is 14.3 Å². The Hall–Kier alpha value is -3.08. The summed E-state index contributed by atoms with van der Waals surface area (Å²) in [5, 5.41) is 3.07. The van der Waals surface area contributed by atoms with E-state index in [1.165, 1.54) is 6.92 Å². The lowest BCUT2D eigenvalue weighted by Gasteiger charge is -2.31. The maximum atomic E-state index is 13.3. The first kappa shape index (κ1) is 20.6. The van der Waals surface area contributed by atoms with E-state index >= 15 is 0 Å². The third kappa shape index (κ3) is 5.47. The van der Waals surface area contributed by atoms with Crippen LogP contribution in [0.4, 0.5) is 0 Å². The fraction of sp³-hybridized carbons (Fsp3) is 0.333. The number of hydrogen-bond acceptors (Lipinski definition) is 3.